The fourth-order valence-corrected chi connectivity index (χ4v) is 3.57. The van der Waals surface area contributed by atoms with Crippen LogP contribution in [0.4, 0.5) is 4.39 Å². The summed E-state index contributed by atoms with van der Waals surface area (Å²) in [6, 6.07) is 6.90. The Bertz CT molecular complexity index is 577. The Kier molecular flexibility index (Phi) is 6.30. The number of amides is 1. The summed E-state index contributed by atoms with van der Waals surface area (Å²) in [5.41, 5.74) is 0.903. The highest BCUT2D eigenvalue weighted by molar-refractivity contribution is 8.14. The lowest BCUT2D eigenvalue weighted by molar-refractivity contribution is -0.121. The topological polar surface area (TPSA) is 44.7 Å². The van der Waals surface area contributed by atoms with Crippen molar-refractivity contribution in [1.82, 2.24) is 10.2 Å². The van der Waals surface area contributed by atoms with Crippen molar-refractivity contribution >= 4 is 35.2 Å². The van der Waals surface area contributed by atoms with Crippen LogP contribution in [0.15, 0.2) is 29.3 Å². The number of halogens is 2. The molecule has 7 heteroatoms. The number of hydrogen-bond donors (Lipinski definition) is 1. The average Bonchev–Trinajstić information content (AvgIpc) is 3.26. The predicted molar refractivity (Wildman–Crippen MR) is 94.6 cm³/mol. The minimum atomic E-state index is -0.262. The van der Waals surface area contributed by atoms with Crippen LogP contribution in [-0.4, -0.2) is 40.9 Å². The molecule has 2 fully saturated rings. The van der Waals surface area contributed by atoms with Gasteiger partial charge >= 0.3 is 0 Å². The number of nitrogens with zero attached hydrogens (tertiary/aromatic N) is 2. The van der Waals surface area contributed by atoms with E-state index >= 15 is 0 Å². The van der Waals surface area contributed by atoms with Gasteiger partial charge in [0.1, 0.15) is 5.82 Å². The van der Waals surface area contributed by atoms with Gasteiger partial charge in [0, 0.05) is 31.8 Å². The summed E-state index contributed by atoms with van der Waals surface area (Å²) in [7, 11) is 2.01. The van der Waals surface area contributed by atoms with Crippen molar-refractivity contribution in [2.24, 2.45) is 4.99 Å². The second-order valence-corrected chi connectivity index (χ2v) is 6.81. The van der Waals surface area contributed by atoms with Gasteiger partial charge in [-0.3, -0.25) is 9.79 Å². The zero-order valence-electron chi connectivity index (χ0n) is 13.0. The first-order chi connectivity index (χ1) is 10.6. The molecule has 0 spiro atoms. The van der Waals surface area contributed by atoms with Gasteiger partial charge in [0.25, 0.3) is 0 Å². The van der Waals surface area contributed by atoms with Crippen LogP contribution >= 0.6 is 24.2 Å². The molecule has 23 heavy (non-hydrogen) atoms. The second-order valence-electron chi connectivity index (χ2n) is 5.83. The van der Waals surface area contributed by atoms with E-state index in [2.05, 4.69) is 15.2 Å². The molecule has 0 aromatic heterocycles. The van der Waals surface area contributed by atoms with Crippen LogP contribution in [0.1, 0.15) is 24.8 Å². The molecule has 4 nitrogen and oxygen atoms in total. The Morgan fingerprint density at radius 3 is 2.74 bits per heavy atom. The molecular weight excluding hydrogens is 337 g/mol. The van der Waals surface area contributed by atoms with Crippen LogP contribution in [0.5, 0.6) is 0 Å². The second kappa shape index (κ2) is 8.02. The standard InChI is InChI=1S/C16H20FN3OS.ClH/c1-20-14(10-22-16(20)19-13-6-7-13)8-15(21)18-9-11-2-4-12(17)5-3-11;/h2-5,13-14H,6-10H2,1H3,(H,18,21);1H. The summed E-state index contributed by atoms with van der Waals surface area (Å²) in [5.74, 6) is 0.669. The minimum absolute atomic E-state index is 0. The smallest absolute Gasteiger partial charge is 0.222 e. The van der Waals surface area contributed by atoms with Crippen LogP contribution < -0.4 is 5.32 Å². The van der Waals surface area contributed by atoms with Gasteiger partial charge in [-0.25, -0.2) is 4.39 Å². The summed E-state index contributed by atoms with van der Waals surface area (Å²) in [6.45, 7) is 0.436. The third-order valence-corrected chi connectivity index (χ3v) is 5.12. The molecule has 1 aliphatic carbocycles. The number of hydrogen-bond acceptors (Lipinski definition) is 3. The van der Waals surface area contributed by atoms with Crippen LogP contribution in [0.25, 0.3) is 0 Å². The molecule has 1 atom stereocenters. The fourth-order valence-electron chi connectivity index (χ4n) is 2.31. The lowest BCUT2D eigenvalue weighted by atomic mass is 10.2. The van der Waals surface area contributed by atoms with Crippen molar-refractivity contribution in [3.63, 3.8) is 0 Å². The van der Waals surface area contributed by atoms with Crippen molar-refractivity contribution in [3.05, 3.63) is 35.6 Å². The van der Waals surface area contributed by atoms with Crippen LogP contribution in [0, 0.1) is 5.82 Å². The lowest BCUT2D eigenvalue weighted by Crippen LogP contribution is -2.35. The van der Waals surface area contributed by atoms with Gasteiger partial charge in [-0.15, -0.1) is 12.4 Å². The first-order valence-electron chi connectivity index (χ1n) is 7.56. The zero-order valence-corrected chi connectivity index (χ0v) is 14.6. The maximum Gasteiger partial charge on any atom is 0.222 e. The summed E-state index contributed by atoms with van der Waals surface area (Å²) in [6.07, 6.45) is 2.86. The number of carbonyl (C=O) groups excluding carboxylic acids is 1. The van der Waals surface area contributed by atoms with Gasteiger partial charge in [0.2, 0.25) is 5.91 Å². The largest absolute Gasteiger partial charge is 0.352 e. The maximum atomic E-state index is 12.8. The van der Waals surface area contributed by atoms with E-state index < -0.39 is 0 Å². The minimum Gasteiger partial charge on any atom is -0.352 e. The summed E-state index contributed by atoms with van der Waals surface area (Å²) >= 11 is 1.74. The quantitative estimate of drug-likeness (QED) is 0.881. The molecule has 3 rings (SSSR count). The Morgan fingerprint density at radius 1 is 1.39 bits per heavy atom. The van der Waals surface area contributed by atoms with Crippen molar-refractivity contribution in [2.45, 2.75) is 37.9 Å². The highest BCUT2D eigenvalue weighted by Crippen LogP contribution is 2.30. The molecule has 1 saturated carbocycles. The Balaban J connectivity index is 0.00000192. The zero-order chi connectivity index (χ0) is 15.5. The number of carbonyl (C=O) groups is 1. The summed E-state index contributed by atoms with van der Waals surface area (Å²) in [4.78, 5) is 18.9. The van der Waals surface area contributed by atoms with E-state index in [-0.39, 0.29) is 30.2 Å². The third kappa shape index (κ3) is 5.11. The lowest BCUT2D eigenvalue weighted by Gasteiger charge is -2.20. The molecule has 1 aromatic rings. The Morgan fingerprint density at radius 2 is 2.09 bits per heavy atom. The van der Waals surface area contributed by atoms with Gasteiger partial charge in [0.15, 0.2) is 5.17 Å². The highest BCUT2D eigenvalue weighted by atomic mass is 35.5. The number of benzene rings is 1. The molecule has 0 bridgehead atoms. The Labute approximate surface area is 146 Å². The molecule has 2 aliphatic rings. The predicted octanol–water partition coefficient (Wildman–Crippen LogP) is 2.82. The van der Waals surface area contributed by atoms with E-state index in [0.29, 0.717) is 19.0 Å². The molecule has 1 N–H and O–H groups in total. The van der Waals surface area contributed by atoms with Crippen LogP contribution in [0.2, 0.25) is 0 Å². The van der Waals surface area contributed by atoms with E-state index in [0.717, 1.165) is 16.5 Å². The molecule has 1 aromatic carbocycles. The fraction of sp³-hybridized carbons (Fsp3) is 0.500. The normalized spacial score (nSPS) is 22.1. The molecule has 126 valence electrons. The third-order valence-electron chi connectivity index (χ3n) is 3.92. The summed E-state index contributed by atoms with van der Waals surface area (Å²) in [5, 5.41) is 3.96. The van der Waals surface area contributed by atoms with Crippen LogP contribution in [0.3, 0.4) is 0 Å². The molecular formula is C16H21ClFN3OS. The molecule has 1 heterocycles. The van der Waals surface area contributed by atoms with Crippen molar-refractivity contribution in [3.8, 4) is 0 Å². The van der Waals surface area contributed by atoms with Crippen LogP contribution in [-0.2, 0) is 11.3 Å². The maximum absolute atomic E-state index is 12.8. The number of aliphatic imine (C=N–C) groups is 1. The van der Waals surface area contributed by atoms with E-state index in [9.17, 15) is 9.18 Å². The van der Waals surface area contributed by atoms with E-state index in [4.69, 9.17) is 0 Å². The summed E-state index contributed by atoms with van der Waals surface area (Å²) < 4.78 is 12.8. The average molecular weight is 358 g/mol. The highest BCUT2D eigenvalue weighted by Gasteiger charge is 2.31. The number of rotatable bonds is 5. The van der Waals surface area contributed by atoms with Gasteiger partial charge in [-0.1, -0.05) is 23.9 Å². The van der Waals surface area contributed by atoms with E-state index in [1.807, 2.05) is 7.05 Å². The number of amidine groups is 1. The first-order valence-corrected chi connectivity index (χ1v) is 8.55. The molecule has 1 saturated heterocycles. The number of nitrogens with one attached hydrogen (secondary N) is 1. The van der Waals surface area contributed by atoms with Gasteiger partial charge in [-0.2, -0.15) is 0 Å². The monoisotopic (exact) mass is 357 g/mol. The Hall–Kier alpha value is -1.27. The van der Waals surface area contributed by atoms with Gasteiger partial charge in [-0.05, 0) is 30.5 Å². The SMILES string of the molecule is CN1C(=NC2CC2)SCC1CC(=O)NCc1ccc(F)cc1.Cl. The number of thioether (sulfide) groups is 1. The molecule has 1 unspecified atom stereocenters. The van der Waals surface area contributed by atoms with Crippen molar-refractivity contribution in [2.75, 3.05) is 12.8 Å². The van der Waals surface area contributed by atoms with E-state index in [1.165, 1.54) is 25.0 Å². The van der Waals surface area contributed by atoms with E-state index in [1.54, 1.807) is 23.9 Å². The van der Waals surface area contributed by atoms with Gasteiger partial charge in [0.05, 0.1) is 6.04 Å². The molecule has 1 amide bonds. The van der Waals surface area contributed by atoms with Crippen molar-refractivity contribution < 1.29 is 9.18 Å². The molecule has 1 aliphatic heterocycles. The first kappa shape index (κ1) is 18.1. The van der Waals surface area contributed by atoms with Gasteiger partial charge < -0.3 is 10.2 Å². The van der Waals surface area contributed by atoms with Crippen molar-refractivity contribution in [1.29, 1.82) is 0 Å². The molecule has 0 radical (unpaired) electrons.